The van der Waals surface area contributed by atoms with Gasteiger partial charge in [0.15, 0.2) is 6.79 Å². The van der Waals surface area contributed by atoms with Crippen molar-refractivity contribution in [3.05, 3.63) is 60.2 Å². The summed E-state index contributed by atoms with van der Waals surface area (Å²) in [5, 5.41) is 0. The zero-order chi connectivity index (χ0) is 22.8. The number of allylic oxidation sites excluding steroid dienone is 5. The number of nitrogens with zero attached hydrogens (tertiary/aromatic N) is 1. The summed E-state index contributed by atoms with van der Waals surface area (Å²) in [6.07, 6.45) is 16.9. The molecule has 0 aromatic carbocycles. The maximum absolute atomic E-state index is 5.62. The van der Waals surface area contributed by atoms with Gasteiger partial charge in [0, 0.05) is 19.6 Å². The molecule has 0 aromatic rings. The van der Waals surface area contributed by atoms with Gasteiger partial charge >= 0.3 is 0 Å². The van der Waals surface area contributed by atoms with Gasteiger partial charge in [-0.3, -0.25) is 0 Å². The van der Waals surface area contributed by atoms with Gasteiger partial charge in [0.1, 0.15) is 11.9 Å². The number of fused-ring (bicyclic) bond motifs is 1. The van der Waals surface area contributed by atoms with Crippen molar-refractivity contribution in [2.24, 2.45) is 17.4 Å². The van der Waals surface area contributed by atoms with Crippen LogP contribution in [0.5, 0.6) is 0 Å². The van der Waals surface area contributed by atoms with Gasteiger partial charge in [0.2, 0.25) is 0 Å². The molecule has 0 aromatic heterocycles. The van der Waals surface area contributed by atoms with Crippen molar-refractivity contribution in [2.75, 3.05) is 26.4 Å². The van der Waals surface area contributed by atoms with E-state index in [1.165, 1.54) is 12.8 Å². The van der Waals surface area contributed by atoms with Gasteiger partial charge in [-0.1, -0.05) is 58.6 Å². The lowest BCUT2D eigenvalue weighted by molar-refractivity contribution is -0.0543. The summed E-state index contributed by atoms with van der Waals surface area (Å²) >= 11 is 0. The number of hydrogen-bond acceptors (Lipinski definition) is 5. The van der Waals surface area contributed by atoms with Crippen molar-refractivity contribution in [3.8, 4) is 0 Å². The van der Waals surface area contributed by atoms with Gasteiger partial charge in [-0.15, -0.1) is 0 Å². The molecule has 2 bridgehead atoms. The van der Waals surface area contributed by atoms with Gasteiger partial charge < -0.3 is 25.8 Å². The van der Waals surface area contributed by atoms with Crippen molar-refractivity contribution >= 4 is 0 Å². The minimum atomic E-state index is 0.0127. The smallest absolute Gasteiger partial charge is 0.190 e. The molecule has 5 heteroatoms. The SMILES string of the molecule is C/C=C\CC.C=C(N)N1CCC(C)CC1.CC.NC/C1=C/C/C=C\C2=CC1OCO2. The second-order valence-corrected chi connectivity index (χ2v) is 7.18. The Morgan fingerprint density at radius 1 is 1.30 bits per heavy atom. The molecule has 5 nitrogen and oxygen atoms in total. The molecular formula is C25H45N3O2. The molecule has 172 valence electrons. The van der Waals surface area contributed by atoms with E-state index < -0.39 is 0 Å². The predicted molar refractivity (Wildman–Crippen MR) is 130 cm³/mol. The third-order valence-corrected chi connectivity index (χ3v) is 4.85. The Morgan fingerprint density at radius 2 is 1.97 bits per heavy atom. The van der Waals surface area contributed by atoms with Gasteiger partial charge in [-0.25, -0.2) is 0 Å². The van der Waals surface area contributed by atoms with Crippen molar-refractivity contribution in [2.45, 2.75) is 66.4 Å². The lowest BCUT2D eigenvalue weighted by Crippen LogP contribution is -2.34. The Bertz CT molecular complexity index is 571. The fraction of sp³-hybridized carbons (Fsp3) is 0.600. The first-order valence-corrected chi connectivity index (χ1v) is 11.3. The molecule has 1 aliphatic carbocycles. The van der Waals surface area contributed by atoms with E-state index in [1.807, 2.05) is 32.9 Å². The van der Waals surface area contributed by atoms with Crippen LogP contribution >= 0.6 is 0 Å². The number of nitrogens with two attached hydrogens (primary N) is 2. The normalized spacial score (nSPS) is 23.3. The topological polar surface area (TPSA) is 73.7 Å². The molecule has 3 rings (SSSR count). The predicted octanol–water partition coefficient (Wildman–Crippen LogP) is 5.24. The summed E-state index contributed by atoms with van der Waals surface area (Å²) in [5.74, 6) is 2.48. The largest absolute Gasteiger partial charge is 0.468 e. The Hall–Kier alpha value is -1.98. The Kier molecular flexibility index (Phi) is 16.7. The number of rotatable bonds is 3. The van der Waals surface area contributed by atoms with Gasteiger partial charge in [0.25, 0.3) is 0 Å². The lowest BCUT2D eigenvalue weighted by Gasteiger charge is -2.31. The summed E-state index contributed by atoms with van der Waals surface area (Å²) < 4.78 is 10.7. The van der Waals surface area contributed by atoms with Crippen LogP contribution in [0.3, 0.4) is 0 Å². The van der Waals surface area contributed by atoms with Gasteiger partial charge in [-0.2, -0.15) is 0 Å². The summed E-state index contributed by atoms with van der Waals surface area (Å²) in [4.78, 5) is 2.15. The molecule has 2 aliphatic heterocycles. The molecular weight excluding hydrogens is 374 g/mol. The van der Waals surface area contributed by atoms with Crippen LogP contribution in [0.1, 0.15) is 60.3 Å². The van der Waals surface area contributed by atoms with Crippen molar-refractivity contribution in [1.29, 1.82) is 0 Å². The second-order valence-electron chi connectivity index (χ2n) is 7.18. The minimum absolute atomic E-state index is 0.0127. The molecule has 2 heterocycles. The van der Waals surface area contributed by atoms with Gasteiger partial charge in [0.05, 0.1) is 5.82 Å². The quantitative estimate of drug-likeness (QED) is 0.612. The minimum Gasteiger partial charge on any atom is -0.468 e. The van der Waals surface area contributed by atoms with Crippen LogP contribution in [0.15, 0.2) is 60.2 Å². The number of likely N-dealkylation sites (tertiary alicyclic amines) is 1. The van der Waals surface area contributed by atoms with Gasteiger partial charge in [-0.05, 0) is 56.3 Å². The van der Waals surface area contributed by atoms with Crippen LogP contribution in [0.2, 0.25) is 0 Å². The Balaban J connectivity index is 0.000000441. The molecule has 4 N–H and O–H groups in total. The van der Waals surface area contributed by atoms with Crippen LogP contribution in [0.4, 0.5) is 0 Å². The summed E-state index contributed by atoms with van der Waals surface area (Å²) in [6, 6.07) is 0. The van der Waals surface area contributed by atoms with E-state index in [-0.39, 0.29) is 6.10 Å². The van der Waals surface area contributed by atoms with Crippen molar-refractivity contribution in [1.82, 2.24) is 4.90 Å². The maximum Gasteiger partial charge on any atom is 0.190 e. The molecule has 0 amide bonds. The van der Waals surface area contributed by atoms with E-state index in [0.717, 1.165) is 49.0 Å². The molecule has 3 aliphatic rings. The standard InChI is InChI=1S/C10H13NO2.C8H16N2.C5H10.C2H6/c11-6-8-3-1-2-4-9-5-10(8)13-7-12-9;1-7-3-5-10(6-4-7)8(2)9;1-3-5-4-2;1-2/h2-5,10H,1,6-7,11H2;7H,2-6,9H2,1H3;3,5H,4H2,1-2H3;1-2H3/b4-2-,8-3-;;5-3-;. The van der Waals surface area contributed by atoms with Crippen LogP contribution in [-0.4, -0.2) is 37.4 Å². The van der Waals surface area contributed by atoms with Crippen LogP contribution in [-0.2, 0) is 9.47 Å². The van der Waals surface area contributed by atoms with E-state index in [1.54, 1.807) is 0 Å². The Labute approximate surface area is 185 Å². The van der Waals surface area contributed by atoms with Crippen LogP contribution in [0, 0.1) is 5.92 Å². The first-order chi connectivity index (χ1) is 14.5. The van der Waals surface area contributed by atoms with Crippen molar-refractivity contribution in [3.63, 3.8) is 0 Å². The zero-order valence-corrected chi connectivity index (χ0v) is 19.9. The zero-order valence-electron chi connectivity index (χ0n) is 19.9. The van der Waals surface area contributed by atoms with E-state index in [4.69, 9.17) is 20.9 Å². The van der Waals surface area contributed by atoms with E-state index in [0.29, 0.717) is 13.3 Å². The monoisotopic (exact) mass is 419 g/mol. The first-order valence-electron chi connectivity index (χ1n) is 11.3. The molecule has 0 radical (unpaired) electrons. The van der Waals surface area contributed by atoms with E-state index in [9.17, 15) is 0 Å². The molecule has 1 unspecified atom stereocenters. The highest BCUT2D eigenvalue weighted by Crippen LogP contribution is 2.20. The fourth-order valence-corrected chi connectivity index (χ4v) is 2.99. The van der Waals surface area contributed by atoms with Crippen LogP contribution in [0.25, 0.3) is 0 Å². The maximum atomic E-state index is 5.62. The lowest BCUT2D eigenvalue weighted by atomic mass is 9.99. The third-order valence-electron chi connectivity index (χ3n) is 4.85. The molecule has 30 heavy (non-hydrogen) atoms. The number of ether oxygens (including phenoxy) is 2. The fourth-order valence-electron chi connectivity index (χ4n) is 2.99. The highest BCUT2D eigenvalue weighted by atomic mass is 16.7. The summed E-state index contributed by atoms with van der Waals surface area (Å²) in [6.45, 7) is 17.2. The number of piperidine rings is 1. The molecule has 1 fully saturated rings. The third kappa shape index (κ3) is 11.9. The number of hydrogen-bond donors (Lipinski definition) is 2. The molecule has 1 saturated heterocycles. The molecule has 1 atom stereocenters. The average molecular weight is 420 g/mol. The molecule has 0 spiro atoms. The highest BCUT2D eigenvalue weighted by Gasteiger charge is 2.17. The average Bonchev–Trinajstić information content (AvgIpc) is 2.76. The van der Waals surface area contributed by atoms with E-state index in [2.05, 4.69) is 49.6 Å². The highest BCUT2D eigenvalue weighted by molar-refractivity contribution is 5.27. The van der Waals surface area contributed by atoms with Crippen LogP contribution < -0.4 is 11.5 Å². The Morgan fingerprint density at radius 3 is 2.47 bits per heavy atom. The second kappa shape index (κ2) is 17.8. The molecule has 0 saturated carbocycles. The van der Waals surface area contributed by atoms with E-state index >= 15 is 0 Å². The summed E-state index contributed by atoms with van der Waals surface area (Å²) in [7, 11) is 0. The van der Waals surface area contributed by atoms with Crippen molar-refractivity contribution < 1.29 is 9.47 Å². The first kappa shape index (κ1) is 28.0. The summed E-state index contributed by atoms with van der Waals surface area (Å²) in [5.41, 5.74) is 12.3.